The highest BCUT2D eigenvalue weighted by molar-refractivity contribution is 5.83. The molecule has 3 unspecified atom stereocenters. The summed E-state index contributed by atoms with van der Waals surface area (Å²) >= 11 is 0. The second-order valence-corrected chi connectivity index (χ2v) is 6.98. The van der Waals surface area contributed by atoms with E-state index in [9.17, 15) is 23.5 Å². The van der Waals surface area contributed by atoms with Crippen molar-refractivity contribution < 1.29 is 28.2 Å². The molecule has 0 aliphatic carbocycles. The Bertz CT molecular complexity index is 859. The predicted octanol–water partition coefficient (Wildman–Crippen LogP) is 3.65. The first-order valence-corrected chi connectivity index (χ1v) is 9.05. The second-order valence-electron chi connectivity index (χ2n) is 6.98. The number of benzene rings is 2. The zero-order chi connectivity index (χ0) is 20.3. The fourth-order valence-electron chi connectivity index (χ4n) is 3.45. The molecule has 1 aliphatic rings. The molecule has 2 aromatic carbocycles. The quantitative estimate of drug-likeness (QED) is 0.848. The smallest absolute Gasteiger partial charge is 0.306 e. The Kier molecular flexibility index (Phi) is 5.92. The van der Waals surface area contributed by atoms with Crippen molar-refractivity contribution in [2.75, 3.05) is 13.1 Å². The number of ether oxygens (including phenoxy) is 1. The minimum atomic E-state index is -1.06. The molecule has 1 aliphatic heterocycles. The Labute approximate surface area is 161 Å². The molecule has 1 N–H and O–H groups in total. The first kappa shape index (κ1) is 19.8. The van der Waals surface area contributed by atoms with Crippen LogP contribution in [0.15, 0.2) is 48.5 Å². The van der Waals surface area contributed by atoms with Crippen molar-refractivity contribution in [3.8, 4) is 5.75 Å². The third-order valence-corrected chi connectivity index (χ3v) is 5.01. The van der Waals surface area contributed by atoms with Crippen LogP contribution < -0.4 is 4.74 Å². The number of rotatable bonds is 5. The van der Waals surface area contributed by atoms with Gasteiger partial charge in [0, 0.05) is 24.7 Å². The van der Waals surface area contributed by atoms with E-state index in [2.05, 4.69) is 0 Å². The van der Waals surface area contributed by atoms with E-state index in [0.29, 0.717) is 25.1 Å². The van der Waals surface area contributed by atoms with Gasteiger partial charge in [0.1, 0.15) is 5.75 Å². The number of halogens is 2. The van der Waals surface area contributed by atoms with Crippen molar-refractivity contribution in [3.05, 3.63) is 65.7 Å². The highest BCUT2D eigenvalue weighted by Gasteiger charge is 2.36. The number of likely N-dealkylation sites (tertiary alicyclic amines) is 1. The number of carboxylic acids is 1. The average Bonchev–Trinajstić information content (AvgIpc) is 2.68. The lowest BCUT2D eigenvalue weighted by Gasteiger charge is -2.36. The van der Waals surface area contributed by atoms with E-state index in [-0.39, 0.29) is 17.6 Å². The third-order valence-electron chi connectivity index (χ3n) is 5.01. The van der Waals surface area contributed by atoms with Gasteiger partial charge in [-0.25, -0.2) is 8.78 Å². The highest BCUT2D eigenvalue weighted by Crippen LogP contribution is 2.29. The summed E-state index contributed by atoms with van der Waals surface area (Å²) in [6, 6.07) is 11.8. The van der Waals surface area contributed by atoms with Crippen LogP contribution in [0.25, 0.3) is 0 Å². The number of amides is 1. The summed E-state index contributed by atoms with van der Waals surface area (Å²) < 4.78 is 32.5. The molecule has 1 saturated heterocycles. The van der Waals surface area contributed by atoms with Crippen LogP contribution in [0.4, 0.5) is 8.78 Å². The Balaban J connectivity index is 1.84. The topological polar surface area (TPSA) is 66.8 Å². The van der Waals surface area contributed by atoms with Gasteiger partial charge in [-0.1, -0.05) is 37.3 Å². The van der Waals surface area contributed by atoms with Crippen LogP contribution in [0.2, 0.25) is 0 Å². The maximum atomic E-state index is 13.6. The Morgan fingerprint density at radius 2 is 1.86 bits per heavy atom. The van der Waals surface area contributed by atoms with Gasteiger partial charge in [0.05, 0.1) is 5.92 Å². The molecule has 3 rings (SSSR count). The predicted molar refractivity (Wildman–Crippen MR) is 97.7 cm³/mol. The van der Waals surface area contributed by atoms with Crippen LogP contribution in [0.3, 0.4) is 0 Å². The Morgan fingerprint density at radius 3 is 2.46 bits per heavy atom. The Hall–Kier alpha value is -2.96. The number of carbonyl (C=O) groups is 2. The summed E-state index contributed by atoms with van der Waals surface area (Å²) in [5, 5.41) is 9.27. The molecule has 1 fully saturated rings. The van der Waals surface area contributed by atoms with E-state index in [0.717, 1.165) is 12.1 Å². The van der Waals surface area contributed by atoms with Crippen molar-refractivity contribution in [1.82, 2.24) is 4.90 Å². The molecule has 3 atom stereocenters. The molecule has 0 aromatic heterocycles. The van der Waals surface area contributed by atoms with E-state index in [4.69, 9.17) is 4.74 Å². The molecule has 28 heavy (non-hydrogen) atoms. The minimum absolute atomic E-state index is 0.0366. The minimum Gasteiger partial charge on any atom is -0.481 e. The molecule has 1 heterocycles. The van der Waals surface area contributed by atoms with Crippen LogP contribution >= 0.6 is 0 Å². The van der Waals surface area contributed by atoms with Gasteiger partial charge in [-0.3, -0.25) is 9.59 Å². The molecule has 0 saturated carbocycles. The first-order chi connectivity index (χ1) is 13.4. The fourth-order valence-corrected chi connectivity index (χ4v) is 3.45. The summed E-state index contributed by atoms with van der Waals surface area (Å²) in [6.07, 6.45) is -0.686. The second kappa shape index (κ2) is 8.37. The van der Waals surface area contributed by atoms with Gasteiger partial charge in [-0.15, -0.1) is 0 Å². The van der Waals surface area contributed by atoms with Gasteiger partial charge in [0.15, 0.2) is 11.6 Å². The van der Waals surface area contributed by atoms with E-state index in [1.54, 1.807) is 42.2 Å². The summed E-state index contributed by atoms with van der Waals surface area (Å²) in [5.74, 6) is -3.92. The van der Waals surface area contributed by atoms with Crippen molar-refractivity contribution in [3.63, 3.8) is 0 Å². The lowest BCUT2D eigenvalue weighted by Crippen LogP contribution is -2.47. The van der Waals surface area contributed by atoms with Crippen molar-refractivity contribution in [2.24, 2.45) is 11.8 Å². The number of hydrogen-bond donors (Lipinski definition) is 1. The monoisotopic (exact) mass is 389 g/mol. The highest BCUT2D eigenvalue weighted by atomic mass is 19.2. The van der Waals surface area contributed by atoms with E-state index in [1.807, 2.05) is 0 Å². The maximum absolute atomic E-state index is 13.6. The van der Waals surface area contributed by atoms with E-state index in [1.165, 1.54) is 6.07 Å². The summed E-state index contributed by atoms with van der Waals surface area (Å²) in [7, 11) is 0. The molecule has 0 radical (unpaired) electrons. The number of carboxylic acid groups (broad SMARTS) is 1. The van der Waals surface area contributed by atoms with Gasteiger partial charge < -0.3 is 14.7 Å². The number of hydrogen-bond acceptors (Lipinski definition) is 3. The molecule has 2 aromatic rings. The summed E-state index contributed by atoms with van der Waals surface area (Å²) in [6.45, 7) is 2.39. The van der Waals surface area contributed by atoms with Gasteiger partial charge >= 0.3 is 5.97 Å². The van der Waals surface area contributed by atoms with E-state index >= 15 is 0 Å². The van der Waals surface area contributed by atoms with Crippen molar-refractivity contribution >= 4 is 11.9 Å². The third kappa shape index (κ3) is 4.30. The van der Waals surface area contributed by atoms with Gasteiger partial charge in [0.2, 0.25) is 6.10 Å². The van der Waals surface area contributed by atoms with Crippen LogP contribution in [0.5, 0.6) is 5.75 Å². The van der Waals surface area contributed by atoms with Gasteiger partial charge in [-0.05, 0) is 24.5 Å². The number of aliphatic carboxylic acids is 1. The van der Waals surface area contributed by atoms with Crippen LogP contribution in [-0.4, -0.2) is 35.0 Å². The summed E-state index contributed by atoms with van der Waals surface area (Å²) in [5.41, 5.74) is 0.574. The number of piperidine rings is 1. The fraction of sp³-hybridized carbons (Fsp3) is 0.333. The SMILES string of the molecule is CC1CN(C(=O)C(Oc2ccc(F)c(F)c2)c2ccccc2)CCC1C(=O)O. The molecular weight excluding hydrogens is 368 g/mol. The molecule has 1 amide bonds. The van der Waals surface area contributed by atoms with Crippen molar-refractivity contribution in [2.45, 2.75) is 19.4 Å². The largest absolute Gasteiger partial charge is 0.481 e. The van der Waals surface area contributed by atoms with Gasteiger partial charge in [-0.2, -0.15) is 0 Å². The maximum Gasteiger partial charge on any atom is 0.306 e. The lowest BCUT2D eigenvalue weighted by atomic mass is 9.86. The number of carbonyl (C=O) groups excluding carboxylic acids is 1. The molecule has 7 heteroatoms. The standard InChI is InChI=1S/C21H21F2NO4/c1-13-12-24(10-9-16(13)21(26)27)20(25)19(14-5-3-2-4-6-14)28-15-7-8-17(22)18(23)11-15/h2-8,11,13,16,19H,9-10,12H2,1H3,(H,26,27). The van der Waals surface area contributed by atoms with Crippen molar-refractivity contribution in [1.29, 1.82) is 0 Å². The van der Waals surface area contributed by atoms with Crippen LogP contribution in [-0.2, 0) is 9.59 Å². The molecule has 0 spiro atoms. The number of nitrogens with zero attached hydrogens (tertiary/aromatic N) is 1. The summed E-state index contributed by atoms with van der Waals surface area (Å²) in [4.78, 5) is 26.0. The molecule has 148 valence electrons. The van der Waals surface area contributed by atoms with E-state index < -0.39 is 29.6 Å². The zero-order valence-electron chi connectivity index (χ0n) is 15.3. The molecule has 5 nitrogen and oxygen atoms in total. The first-order valence-electron chi connectivity index (χ1n) is 9.05. The zero-order valence-corrected chi connectivity index (χ0v) is 15.3. The molecular formula is C21H21F2NO4. The van der Waals surface area contributed by atoms with Crippen LogP contribution in [0, 0.1) is 23.5 Å². The molecule has 0 bridgehead atoms. The lowest BCUT2D eigenvalue weighted by molar-refractivity contribution is -0.150. The average molecular weight is 389 g/mol. The van der Waals surface area contributed by atoms with Gasteiger partial charge in [0.25, 0.3) is 5.91 Å². The normalized spacial score (nSPS) is 20.5. The Morgan fingerprint density at radius 1 is 1.14 bits per heavy atom. The van der Waals surface area contributed by atoms with Crippen LogP contribution in [0.1, 0.15) is 25.0 Å².